The van der Waals surface area contributed by atoms with Crippen molar-refractivity contribution in [3.8, 4) is 0 Å². The van der Waals surface area contributed by atoms with E-state index in [9.17, 15) is 19.1 Å². The summed E-state index contributed by atoms with van der Waals surface area (Å²) in [6.07, 6.45) is 0.228. The average molecular weight is 238 g/mol. The molecule has 0 saturated heterocycles. The molecule has 5 heteroatoms. The third-order valence-electron chi connectivity index (χ3n) is 2.21. The number of hydrogen-bond donors (Lipinski definition) is 1. The maximum absolute atomic E-state index is 12.6. The van der Waals surface area contributed by atoms with Gasteiger partial charge < -0.3 is 15.2 Å². The Balaban J connectivity index is 2.21. The number of aliphatic carboxylic acids is 1. The Labute approximate surface area is 98.5 Å². The first kappa shape index (κ1) is 13.2. The normalized spacial score (nSPS) is 9.94. The summed E-state index contributed by atoms with van der Waals surface area (Å²) in [5, 5.41) is 12.7. The molecule has 0 aliphatic heterocycles. The van der Waals surface area contributed by atoms with Crippen molar-refractivity contribution in [3.63, 3.8) is 0 Å². The third kappa shape index (κ3) is 5.65. The lowest BCUT2D eigenvalue weighted by atomic mass is 10.1. The van der Waals surface area contributed by atoms with Crippen LogP contribution >= 0.6 is 0 Å². The quantitative estimate of drug-likeness (QED) is 0.759. The van der Waals surface area contributed by atoms with E-state index in [0.29, 0.717) is 13.0 Å². The van der Waals surface area contributed by atoms with Gasteiger partial charge in [0.2, 0.25) is 5.91 Å². The molecule has 0 spiro atoms. The number of carbonyl (C=O) groups is 2. The number of carboxylic acids is 1. The zero-order valence-corrected chi connectivity index (χ0v) is 9.24. The van der Waals surface area contributed by atoms with Crippen LogP contribution in [0.2, 0.25) is 0 Å². The molecule has 17 heavy (non-hydrogen) atoms. The molecule has 0 fully saturated rings. The molecule has 0 bridgehead atoms. The second-order valence-electron chi connectivity index (χ2n) is 3.60. The highest BCUT2D eigenvalue weighted by molar-refractivity contribution is 5.79. The molecule has 1 aromatic rings. The Morgan fingerprint density at radius 2 is 1.82 bits per heavy atom. The predicted octanol–water partition coefficient (Wildman–Crippen LogP) is 0.0145. The Morgan fingerprint density at radius 3 is 2.41 bits per heavy atom. The van der Waals surface area contributed by atoms with E-state index in [1.807, 2.05) is 0 Å². The molecule has 0 atom stereocenters. The van der Waals surface area contributed by atoms with Gasteiger partial charge in [-0.25, -0.2) is 4.39 Å². The number of rotatable bonds is 6. The molecule has 0 aromatic heterocycles. The molecule has 0 aliphatic carbocycles. The van der Waals surface area contributed by atoms with Gasteiger partial charge in [-0.2, -0.15) is 0 Å². The van der Waals surface area contributed by atoms with Crippen LogP contribution in [-0.4, -0.2) is 18.4 Å². The second-order valence-corrected chi connectivity index (χ2v) is 3.60. The third-order valence-corrected chi connectivity index (χ3v) is 2.21. The van der Waals surface area contributed by atoms with Crippen molar-refractivity contribution in [2.75, 3.05) is 6.54 Å². The van der Waals surface area contributed by atoms with Crippen LogP contribution in [0.1, 0.15) is 18.4 Å². The van der Waals surface area contributed by atoms with Crippen molar-refractivity contribution in [2.45, 2.75) is 19.3 Å². The van der Waals surface area contributed by atoms with E-state index >= 15 is 0 Å². The molecule has 1 aromatic carbocycles. The maximum atomic E-state index is 12.6. The largest absolute Gasteiger partial charge is 0.550 e. The highest BCUT2D eigenvalue weighted by atomic mass is 19.1. The standard InChI is InChI=1S/C12H14FNO3/c13-10-3-1-9(2-4-10)7-8-14-11(15)5-6-12(16)17/h1-4H,5-8H2,(H,14,15)(H,16,17)/p-1. The van der Waals surface area contributed by atoms with Crippen LogP contribution in [0.4, 0.5) is 4.39 Å². The number of carboxylic acid groups (broad SMARTS) is 1. The molecule has 0 heterocycles. The van der Waals surface area contributed by atoms with E-state index in [4.69, 9.17) is 0 Å². The summed E-state index contributed by atoms with van der Waals surface area (Å²) < 4.78 is 12.6. The van der Waals surface area contributed by atoms with Crippen LogP contribution in [0, 0.1) is 5.82 Å². The number of hydrogen-bond acceptors (Lipinski definition) is 3. The van der Waals surface area contributed by atoms with Gasteiger partial charge in [0, 0.05) is 18.9 Å². The Hall–Kier alpha value is -1.91. The fourth-order valence-corrected chi connectivity index (χ4v) is 1.30. The molecule has 0 aliphatic rings. The van der Waals surface area contributed by atoms with Crippen LogP contribution in [0.5, 0.6) is 0 Å². The molecule has 0 unspecified atom stereocenters. The highest BCUT2D eigenvalue weighted by Crippen LogP contribution is 2.02. The Morgan fingerprint density at radius 1 is 1.18 bits per heavy atom. The molecule has 0 radical (unpaired) electrons. The van der Waals surface area contributed by atoms with E-state index in [1.54, 1.807) is 12.1 Å². The summed E-state index contributed by atoms with van der Waals surface area (Å²) in [6, 6.07) is 5.99. The number of benzene rings is 1. The highest BCUT2D eigenvalue weighted by Gasteiger charge is 2.01. The number of halogens is 1. The fourth-order valence-electron chi connectivity index (χ4n) is 1.30. The SMILES string of the molecule is O=C([O-])CCC(=O)NCCc1ccc(F)cc1. The summed E-state index contributed by atoms with van der Waals surface area (Å²) in [4.78, 5) is 21.2. The van der Waals surface area contributed by atoms with Gasteiger partial charge in [0.15, 0.2) is 0 Å². The zero-order chi connectivity index (χ0) is 12.7. The molecule has 0 saturated carbocycles. The van der Waals surface area contributed by atoms with E-state index in [0.717, 1.165) is 5.56 Å². The average Bonchev–Trinajstić information content (AvgIpc) is 2.29. The zero-order valence-electron chi connectivity index (χ0n) is 9.24. The van der Waals surface area contributed by atoms with Crippen LogP contribution in [-0.2, 0) is 16.0 Å². The lowest BCUT2D eigenvalue weighted by Gasteiger charge is -2.05. The second kappa shape index (κ2) is 6.62. The topological polar surface area (TPSA) is 69.2 Å². The van der Waals surface area contributed by atoms with Crippen molar-refractivity contribution < 1.29 is 19.1 Å². The minimum atomic E-state index is -1.24. The van der Waals surface area contributed by atoms with Crippen molar-refractivity contribution in [2.24, 2.45) is 0 Å². The van der Waals surface area contributed by atoms with E-state index in [-0.39, 0.29) is 24.6 Å². The van der Waals surface area contributed by atoms with Crippen molar-refractivity contribution in [1.29, 1.82) is 0 Å². The van der Waals surface area contributed by atoms with E-state index < -0.39 is 5.97 Å². The summed E-state index contributed by atoms with van der Waals surface area (Å²) in [7, 11) is 0. The van der Waals surface area contributed by atoms with Crippen LogP contribution in [0.15, 0.2) is 24.3 Å². The summed E-state index contributed by atoms with van der Waals surface area (Å²) >= 11 is 0. The molecule has 1 N–H and O–H groups in total. The van der Waals surface area contributed by atoms with Gasteiger partial charge in [-0.05, 0) is 30.5 Å². The molecule has 1 rings (SSSR count). The molecular weight excluding hydrogens is 225 g/mol. The van der Waals surface area contributed by atoms with Gasteiger partial charge in [0.25, 0.3) is 0 Å². The summed E-state index contributed by atoms with van der Waals surface area (Å²) in [5.41, 5.74) is 0.909. The van der Waals surface area contributed by atoms with Crippen LogP contribution in [0.3, 0.4) is 0 Å². The van der Waals surface area contributed by atoms with Gasteiger partial charge in [-0.1, -0.05) is 12.1 Å². The van der Waals surface area contributed by atoms with E-state index in [1.165, 1.54) is 12.1 Å². The van der Waals surface area contributed by atoms with Crippen LogP contribution in [0.25, 0.3) is 0 Å². The fraction of sp³-hybridized carbons (Fsp3) is 0.333. The smallest absolute Gasteiger partial charge is 0.220 e. The first-order chi connectivity index (χ1) is 8.08. The first-order valence-corrected chi connectivity index (χ1v) is 5.29. The number of amides is 1. The maximum Gasteiger partial charge on any atom is 0.220 e. The van der Waals surface area contributed by atoms with Gasteiger partial charge in [0.05, 0.1) is 0 Å². The van der Waals surface area contributed by atoms with Crippen molar-refractivity contribution in [1.82, 2.24) is 5.32 Å². The van der Waals surface area contributed by atoms with Gasteiger partial charge in [-0.15, -0.1) is 0 Å². The Kier molecular flexibility index (Phi) is 5.13. The molecule has 92 valence electrons. The summed E-state index contributed by atoms with van der Waals surface area (Å²) in [5.74, 6) is -1.86. The predicted molar refractivity (Wildman–Crippen MR) is 57.4 cm³/mol. The lowest BCUT2D eigenvalue weighted by Crippen LogP contribution is -2.29. The van der Waals surface area contributed by atoms with Gasteiger partial charge in [-0.3, -0.25) is 4.79 Å². The van der Waals surface area contributed by atoms with Crippen molar-refractivity contribution >= 4 is 11.9 Å². The molecule has 4 nitrogen and oxygen atoms in total. The number of carbonyl (C=O) groups excluding carboxylic acids is 2. The first-order valence-electron chi connectivity index (χ1n) is 5.29. The van der Waals surface area contributed by atoms with Crippen molar-refractivity contribution in [3.05, 3.63) is 35.6 Å². The lowest BCUT2D eigenvalue weighted by molar-refractivity contribution is -0.305. The molecular formula is C12H13FNO3-. The Bertz CT molecular complexity index is 389. The van der Waals surface area contributed by atoms with Gasteiger partial charge in [0.1, 0.15) is 5.82 Å². The van der Waals surface area contributed by atoms with Gasteiger partial charge >= 0.3 is 0 Å². The monoisotopic (exact) mass is 238 g/mol. The minimum absolute atomic E-state index is 0.0776. The minimum Gasteiger partial charge on any atom is -0.550 e. The number of nitrogens with one attached hydrogen (secondary N) is 1. The molecule has 1 amide bonds. The van der Waals surface area contributed by atoms with E-state index in [2.05, 4.69) is 5.32 Å². The summed E-state index contributed by atoms with van der Waals surface area (Å²) in [6.45, 7) is 0.400. The van der Waals surface area contributed by atoms with Crippen LogP contribution < -0.4 is 10.4 Å².